The summed E-state index contributed by atoms with van der Waals surface area (Å²) < 4.78 is 43.2. The number of nitrogens with one attached hydrogen (secondary N) is 1. The van der Waals surface area contributed by atoms with Crippen LogP contribution in [0.2, 0.25) is 5.02 Å². The molecule has 2 aromatic carbocycles. The molecule has 2 aromatic heterocycles. The molecule has 4 aromatic rings. The number of ether oxygens (including phenoxy) is 3. The third-order valence-corrected chi connectivity index (χ3v) is 7.29. The molecule has 19 heteroatoms. The van der Waals surface area contributed by atoms with E-state index in [4.69, 9.17) is 26.2 Å². The second-order valence-electron chi connectivity index (χ2n) is 7.95. The number of nitrogens with zero attached hydrogens (tertiary/aromatic N) is 5. The molecule has 0 unspecified atom stereocenters. The molecule has 0 saturated carbocycles. The van der Waals surface area contributed by atoms with Crippen LogP contribution in [0.1, 0.15) is 16.2 Å². The average Bonchev–Trinajstić information content (AvgIpc) is 2.96. The fourth-order valence-corrected chi connectivity index (χ4v) is 5.22. The second-order valence-corrected chi connectivity index (χ2v) is 11.2. The summed E-state index contributed by atoms with van der Waals surface area (Å²) in [7, 11) is -2.08. The van der Waals surface area contributed by atoms with Crippen molar-refractivity contribution in [2.24, 2.45) is 0 Å². The normalized spacial score (nSPS) is 10.4. The molecule has 0 radical (unpaired) electrons. The van der Waals surface area contributed by atoms with Crippen LogP contribution in [0, 0.1) is 10.5 Å². The van der Waals surface area contributed by atoms with Crippen LogP contribution in [0.3, 0.4) is 0 Å². The van der Waals surface area contributed by atoms with Gasteiger partial charge in [-0.05, 0) is 72.0 Å². The number of fused-ring (bicyclic) bond motifs is 1. The van der Waals surface area contributed by atoms with Crippen molar-refractivity contribution in [1.82, 2.24) is 19.9 Å². The first-order valence-electron chi connectivity index (χ1n) is 11.7. The van der Waals surface area contributed by atoms with E-state index < -0.39 is 39.5 Å². The van der Waals surface area contributed by atoms with Gasteiger partial charge in [-0.2, -0.15) is 9.97 Å². The zero-order chi connectivity index (χ0) is 31.7. The summed E-state index contributed by atoms with van der Waals surface area (Å²) in [4.78, 5) is 49.3. The number of methoxy groups -OCH3 is 2. The topological polar surface area (TPSA) is 211 Å². The summed E-state index contributed by atoms with van der Waals surface area (Å²) in [5.41, 5.74) is 0.323. The van der Waals surface area contributed by atoms with Crippen LogP contribution < -0.4 is 44.3 Å². The van der Waals surface area contributed by atoms with Crippen LogP contribution in [-0.2, 0) is 19.6 Å². The number of carbonyl (C=O) groups is 3. The third kappa shape index (κ3) is 10.1. The van der Waals surface area contributed by atoms with E-state index >= 15 is 0 Å². The summed E-state index contributed by atoms with van der Waals surface area (Å²) in [5.74, 6) is -1.48. The Morgan fingerprint density at radius 3 is 2.48 bits per heavy atom. The molecule has 0 aliphatic carbocycles. The molecule has 0 bridgehead atoms. The Balaban J connectivity index is 0.000000338. The van der Waals surface area contributed by atoms with Gasteiger partial charge in [0.25, 0.3) is 0 Å². The molecule has 0 atom stereocenters. The molecule has 4 rings (SSSR count). The van der Waals surface area contributed by atoms with Crippen molar-refractivity contribution in [1.29, 1.82) is 0 Å². The molecule has 0 saturated heterocycles. The number of carboxylic acids is 1. The van der Waals surface area contributed by atoms with Gasteiger partial charge in [0, 0.05) is 15.2 Å². The van der Waals surface area contributed by atoms with Gasteiger partial charge in [-0.3, -0.25) is 9.78 Å². The molecular weight excluding hydrogens is 746 g/mol. The minimum atomic E-state index is -4.51. The largest absolute Gasteiger partial charge is 1.00 e. The Labute approximate surface area is 291 Å². The predicted octanol–water partition coefficient (Wildman–Crippen LogP) is 1.23. The number of aromatic nitrogens is 4. The van der Waals surface area contributed by atoms with Gasteiger partial charge in [0.15, 0.2) is 18.6 Å². The molecule has 44 heavy (non-hydrogen) atoms. The number of urea groups is 1. The van der Waals surface area contributed by atoms with Gasteiger partial charge in [0.1, 0.15) is 17.1 Å². The molecule has 2 heterocycles. The van der Waals surface area contributed by atoms with E-state index in [0.29, 0.717) is 19.9 Å². The van der Waals surface area contributed by atoms with Crippen LogP contribution in [0.5, 0.6) is 11.8 Å². The van der Waals surface area contributed by atoms with Crippen LogP contribution in [0.4, 0.5) is 10.7 Å². The number of halogens is 2. The second kappa shape index (κ2) is 16.6. The minimum Gasteiger partial charge on any atom is -0.480 e. The molecule has 226 valence electrons. The zero-order valence-electron chi connectivity index (χ0n) is 23.4. The molecule has 0 fully saturated rings. The SMILES string of the molecule is COC(=O)c1ccc(I)cc1S(=O)(=O)[N-]C(=O)Nc1nc(C)nc(OC)n1.O=C(O)COc1ccc(Cl)c2cccnc12.[Na+]. The molecule has 0 spiro atoms. The smallest absolute Gasteiger partial charge is 0.480 e. The molecule has 2 N–H and O–H groups in total. The van der Waals surface area contributed by atoms with Crippen molar-refractivity contribution in [3.8, 4) is 11.8 Å². The number of carboxylic acid groups (broad SMARTS) is 1. The number of aryl methyl sites for hydroxylation is 1. The summed E-state index contributed by atoms with van der Waals surface area (Å²) in [5, 5.41) is 11.9. The van der Waals surface area contributed by atoms with Gasteiger partial charge in [0.2, 0.25) is 10.0 Å². The fraction of sp³-hybridized carbons (Fsp3) is 0.160. The van der Waals surface area contributed by atoms with E-state index in [-0.39, 0.29) is 52.9 Å². The van der Waals surface area contributed by atoms with E-state index in [0.717, 1.165) is 12.5 Å². The van der Waals surface area contributed by atoms with Crippen molar-refractivity contribution in [2.45, 2.75) is 11.8 Å². The first kappa shape index (κ1) is 36.8. The first-order chi connectivity index (χ1) is 20.3. The number of rotatable bonds is 8. The van der Waals surface area contributed by atoms with E-state index in [2.05, 4.69) is 34.7 Å². The number of aliphatic carboxylic acids is 1. The van der Waals surface area contributed by atoms with Gasteiger partial charge in [-0.15, -0.1) is 0 Å². The Kier molecular flexibility index (Phi) is 13.9. The van der Waals surface area contributed by atoms with Crippen molar-refractivity contribution in [3.05, 3.63) is 73.4 Å². The summed E-state index contributed by atoms with van der Waals surface area (Å²) in [6.45, 7) is 1.13. The van der Waals surface area contributed by atoms with E-state index in [1.165, 1.54) is 32.2 Å². The van der Waals surface area contributed by atoms with Crippen LogP contribution in [-0.4, -0.2) is 72.3 Å². The van der Waals surface area contributed by atoms with Gasteiger partial charge in [-0.1, -0.05) is 11.6 Å². The maximum absolute atomic E-state index is 12.5. The maximum atomic E-state index is 12.5. The minimum absolute atomic E-state index is 0. The van der Waals surface area contributed by atoms with E-state index in [9.17, 15) is 22.8 Å². The van der Waals surface area contributed by atoms with Crippen LogP contribution >= 0.6 is 34.2 Å². The number of hydrogen-bond acceptors (Lipinski definition) is 12. The Morgan fingerprint density at radius 1 is 1.09 bits per heavy atom. The number of benzene rings is 2. The predicted molar refractivity (Wildman–Crippen MR) is 161 cm³/mol. The molecule has 15 nitrogen and oxygen atoms in total. The van der Waals surface area contributed by atoms with Gasteiger partial charge < -0.3 is 29.4 Å². The fourth-order valence-electron chi connectivity index (χ4n) is 3.24. The Hall–Kier alpha value is -3.36. The third-order valence-electron chi connectivity index (χ3n) is 4.99. The Morgan fingerprint density at radius 2 is 1.82 bits per heavy atom. The number of pyridine rings is 1. The number of hydrogen-bond donors (Lipinski definition) is 2. The van der Waals surface area contributed by atoms with Crippen molar-refractivity contribution in [3.63, 3.8) is 0 Å². The maximum Gasteiger partial charge on any atom is 1.00 e. The quantitative estimate of drug-likeness (QED) is 0.147. The van der Waals surface area contributed by atoms with E-state index in [1.807, 2.05) is 22.6 Å². The summed E-state index contributed by atoms with van der Waals surface area (Å²) >= 11 is 7.84. The number of amides is 2. The molecule has 0 aliphatic rings. The molecular formula is C25H21ClIN6NaO9S. The van der Waals surface area contributed by atoms with Crippen molar-refractivity contribution >= 4 is 79.0 Å². The van der Waals surface area contributed by atoms with Crippen LogP contribution in [0.15, 0.2) is 53.6 Å². The monoisotopic (exact) mass is 766 g/mol. The van der Waals surface area contributed by atoms with Crippen LogP contribution in [0.25, 0.3) is 15.6 Å². The van der Waals surface area contributed by atoms with Crippen molar-refractivity contribution in [2.75, 3.05) is 26.1 Å². The molecule has 0 aliphatic heterocycles. The summed E-state index contributed by atoms with van der Waals surface area (Å²) in [6, 6.07) is 9.51. The summed E-state index contributed by atoms with van der Waals surface area (Å²) in [6.07, 6.45) is 1.60. The zero-order valence-corrected chi connectivity index (χ0v) is 29.2. The van der Waals surface area contributed by atoms with Gasteiger partial charge in [0.05, 0.1) is 29.7 Å². The number of sulfonamides is 1. The standard InChI is InChI=1S/C14H14IN5O6S.C11H8ClNO3.Na/c1-7-16-12(19-14(17-7)26-3)18-13(22)20-27(23,24)10-6-8(15)4-5-9(10)11(21)25-2;12-8-3-4-9(16-6-10(14)15)11-7(8)2-1-5-13-11;/h4-6H,1-3H3,(H2,16,17,18,19,20,22);1-5H,6H2,(H,14,15);/q;;+1/p-1. The van der Waals surface area contributed by atoms with Gasteiger partial charge >= 0.3 is 47.5 Å². The number of anilines is 1. The average molecular weight is 767 g/mol. The first-order valence-corrected chi connectivity index (χ1v) is 14.6. The number of esters is 1. The Bertz CT molecular complexity index is 1800. The van der Waals surface area contributed by atoms with E-state index in [1.54, 1.807) is 30.5 Å². The number of carbonyl (C=O) groups excluding carboxylic acids is 2. The van der Waals surface area contributed by atoms with Crippen molar-refractivity contribution < 1.29 is 71.7 Å². The molecule has 2 amide bonds. The van der Waals surface area contributed by atoms with Gasteiger partial charge in [-0.25, -0.2) is 23.0 Å².